The highest BCUT2D eigenvalue weighted by molar-refractivity contribution is 6.00. The maximum Gasteiger partial charge on any atom is 0.253 e. The van der Waals surface area contributed by atoms with E-state index in [0.717, 1.165) is 50.4 Å². The van der Waals surface area contributed by atoms with Crippen molar-refractivity contribution in [3.8, 4) is 0 Å². The number of ether oxygens (including phenoxy) is 1. The minimum absolute atomic E-state index is 0.102. The van der Waals surface area contributed by atoms with Gasteiger partial charge in [0, 0.05) is 50.0 Å². The fraction of sp³-hybridized carbons (Fsp3) is 0.562. The molecule has 3 rings (SSSR count). The molecule has 10 heteroatoms. The van der Waals surface area contributed by atoms with Crippen molar-refractivity contribution in [3.05, 3.63) is 70.3 Å². The van der Waals surface area contributed by atoms with Crippen LogP contribution in [-0.4, -0.2) is 96.0 Å². The van der Waals surface area contributed by atoms with Gasteiger partial charge in [0.05, 0.1) is 18.8 Å². The van der Waals surface area contributed by atoms with Gasteiger partial charge in [0.15, 0.2) is 0 Å². The highest BCUT2D eigenvalue weighted by atomic mass is 19.1. The zero-order valence-electron chi connectivity index (χ0n) is 25.1. The van der Waals surface area contributed by atoms with E-state index >= 15 is 0 Å². The Bertz CT molecular complexity index is 1170. The van der Waals surface area contributed by atoms with Gasteiger partial charge in [-0.25, -0.2) is 8.78 Å². The number of amides is 2. The summed E-state index contributed by atoms with van der Waals surface area (Å²) in [6.07, 6.45) is 0.619. The van der Waals surface area contributed by atoms with Gasteiger partial charge < -0.3 is 25.2 Å². The molecule has 232 valence electrons. The Morgan fingerprint density at radius 3 is 2.31 bits per heavy atom. The van der Waals surface area contributed by atoms with Gasteiger partial charge in [0.1, 0.15) is 17.7 Å². The largest absolute Gasteiger partial charge is 0.389 e. The third-order valence-corrected chi connectivity index (χ3v) is 7.64. The molecule has 0 bridgehead atoms. The molecule has 0 saturated carbocycles. The lowest BCUT2D eigenvalue weighted by molar-refractivity contribution is -0.0267. The molecule has 0 unspecified atom stereocenters. The second-order valence-corrected chi connectivity index (χ2v) is 11.2. The Labute approximate surface area is 247 Å². The van der Waals surface area contributed by atoms with Gasteiger partial charge in [0.2, 0.25) is 0 Å². The van der Waals surface area contributed by atoms with Crippen LogP contribution in [0.15, 0.2) is 36.4 Å². The maximum atomic E-state index is 14.0. The normalized spacial score (nSPS) is 17.6. The van der Waals surface area contributed by atoms with E-state index in [1.807, 2.05) is 18.7 Å². The van der Waals surface area contributed by atoms with Gasteiger partial charge in [-0.2, -0.15) is 0 Å². The van der Waals surface area contributed by atoms with E-state index in [1.165, 1.54) is 6.07 Å². The standard InChI is InChI=1S/C32H45F2N3O5/c1-5-9-36(10-6-2)32(41)24-13-21(3)12-23(17-24)31(40)35-28(16-22-14-25(33)18-26(34)15-22)30(39)29(38)19-37-11-7-8-27(37)20-42-4/h12-15,17-18,27-30,38-39H,5-11,16,19-20H2,1-4H3,(H,35,40)/t27-,28-,29-,30-/m0/s1. The van der Waals surface area contributed by atoms with Gasteiger partial charge in [-0.05, 0) is 87.0 Å². The van der Waals surface area contributed by atoms with Crippen LogP contribution in [0.3, 0.4) is 0 Å². The van der Waals surface area contributed by atoms with E-state index in [4.69, 9.17) is 4.74 Å². The van der Waals surface area contributed by atoms with Gasteiger partial charge in [-0.15, -0.1) is 0 Å². The minimum atomic E-state index is -1.44. The third kappa shape index (κ3) is 9.29. The number of β-amino-alcohol motifs (C(OH)–C–C–N with tert-alkyl or cyclic N) is 1. The van der Waals surface area contributed by atoms with Crippen molar-refractivity contribution in [2.45, 2.75) is 77.2 Å². The number of halogens is 2. The van der Waals surface area contributed by atoms with Crippen molar-refractivity contribution >= 4 is 11.8 Å². The molecule has 0 aliphatic carbocycles. The van der Waals surface area contributed by atoms with E-state index in [2.05, 4.69) is 5.32 Å². The van der Waals surface area contributed by atoms with Crippen molar-refractivity contribution in [2.24, 2.45) is 0 Å². The number of aryl methyl sites for hydroxylation is 1. The number of carbonyl (C=O) groups excluding carboxylic acids is 2. The minimum Gasteiger partial charge on any atom is -0.389 e. The predicted octanol–water partition coefficient (Wildman–Crippen LogP) is 3.71. The van der Waals surface area contributed by atoms with Crippen LogP contribution in [-0.2, 0) is 11.2 Å². The first-order valence-corrected chi connectivity index (χ1v) is 14.8. The molecule has 1 heterocycles. The molecule has 4 atom stereocenters. The van der Waals surface area contributed by atoms with E-state index in [0.29, 0.717) is 30.8 Å². The molecule has 0 aromatic heterocycles. The lowest BCUT2D eigenvalue weighted by Crippen LogP contribution is -2.53. The smallest absolute Gasteiger partial charge is 0.253 e. The molecule has 1 aliphatic rings. The zero-order chi connectivity index (χ0) is 30.8. The Hall–Kier alpha value is -2.92. The van der Waals surface area contributed by atoms with E-state index < -0.39 is 35.8 Å². The quantitative estimate of drug-likeness (QED) is 0.293. The van der Waals surface area contributed by atoms with Gasteiger partial charge >= 0.3 is 0 Å². The summed E-state index contributed by atoms with van der Waals surface area (Å²) in [5.41, 5.74) is 1.52. The monoisotopic (exact) mass is 589 g/mol. The van der Waals surface area contributed by atoms with E-state index in [1.54, 1.807) is 31.1 Å². The molecule has 2 amide bonds. The van der Waals surface area contributed by atoms with Crippen molar-refractivity contribution in [1.82, 2.24) is 15.1 Å². The van der Waals surface area contributed by atoms with Crippen molar-refractivity contribution in [1.29, 1.82) is 0 Å². The van der Waals surface area contributed by atoms with E-state index in [-0.39, 0.29) is 36.0 Å². The predicted molar refractivity (Wildman–Crippen MR) is 157 cm³/mol. The van der Waals surface area contributed by atoms with Crippen LogP contribution >= 0.6 is 0 Å². The molecule has 42 heavy (non-hydrogen) atoms. The van der Waals surface area contributed by atoms with Crippen LogP contribution in [0, 0.1) is 18.6 Å². The van der Waals surface area contributed by atoms with E-state index in [9.17, 15) is 28.6 Å². The number of nitrogens with one attached hydrogen (secondary N) is 1. The molecular formula is C32H45F2N3O5. The molecule has 1 fully saturated rings. The summed E-state index contributed by atoms with van der Waals surface area (Å²) in [7, 11) is 1.61. The lowest BCUT2D eigenvalue weighted by atomic mass is 9.96. The summed E-state index contributed by atoms with van der Waals surface area (Å²) < 4.78 is 33.3. The molecular weight excluding hydrogens is 544 g/mol. The Morgan fingerprint density at radius 2 is 1.69 bits per heavy atom. The number of methoxy groups -OCH3 is 1. The van der Waals surface area contributed by atoms with Gasteiger partial charge in [0.25, 0.3) is 11.8 Å². The number of nitrogens with zero attached hydrogens (tertiary/aromatic N) is 2. The first kappa shape index (κ1) is 33.6. The molecule has 0 radical (unpaired) electrons. The van der Waals surface area contributed by atoms with Crippen LogP contribution in [0.1, 0.15) is 71.4 Å². The fourth-order valence-electron chi connectivity index (χ4n) is 5.70. The summed E-state index contributed by atoms with van der Waals surface area (Å²) in [6, 6.07) is 6.93. The average molecular weight is 590 g/mol. The van der Waals surface area contributed by atoms with Crippen LogP contribution < -0.4 is 5.32 Å². The highest BCUT2D eigenvalue weighted by Gasteiger charge is 2.33. The molecule has 1 aliphatic heterocycles. The summed E-state index contributed by atoms with van der Waals surface area (Å²) in [6.45, 7) is 8.35. The van der Waals surface area contributed by atoms with Crippen LogP contribution in [0.4, 0.5) is 8.78 Å². The Morgan fingerprint density at radius 1 is 1.05 bits per heavy atom. The number of rotatable bonds is 15. The lowest BCUT2D eigenvalue weighted by Gasteiger charge is -2.32. The Kier molecular flexibility index (Phi) is 12.8. The first-order chi connectivity index (χ1) is 20.1. The molecule has 1 saturated heterocycles. The summed E-state index contributed by atoms with van der Waals surface area (Å²) >= 11 is 0. The van der Waals surface area contributed by atoms with Gasteiger partial charge in [-0.3, -0.25) is 14.5 Å². The first-order valence-electron chi connectivity index (χ1n) is 14.8. The topological polar surface area (TPSA) is 102 Å². The zero-order valence-corrected chi connectivity index (χ0v) is 25.1. The number of aliphatic hydroxyl groups is 2. The molecule has 3 N–H and O–H groups in total. The number of hydrogen-bond acceptors (Lipinski definition) is 6. The summed E-state index contributed by atoms with van der Waals surface area (Å²) in [4.78, 5) is 30.6. The number of aliphatic hydroxyl groups excluding tert-OH is 2. The van der Waals surface area contributed by atoms with Crippen molar-refractivity contribution in [2.75, 3.05) is 39.9 Å². The second-order valence-electron chi connectivity index (χ2n) is 11.2. The van der Waals surface area contributed by atoms with Crippen molar-refractivity contribution < 1.29 is 33.3 Å². The number of carbonyl (C=O) groups is 2. The fourth-order valence-corrected chi connectivity index (χ4v) is 5.70. The summed E-state index contributed by atoms with van der Waals surface area (Å²) in [5.74, 6) is -2.31. The number of likely N-dealkylation sites (tertiary alicyclic amines) is 1. The summed E-state index contributed by atoms with van der Waals surface area (Å²) in [5, 5.41) is 25.1. The average Bonchev–Trinajstić information content (AvgIpc) is 3.37. The number of benzene rings is 2. The number of hydrogen-bond donors (Lipinski definition) is 3. The molecule has 0 spiro atoms. The third-order valence-electron chi connectivity index (χ3n) is 7.64. The molecule has 2 aromatic carbocycles. The maximum absolute atomic E-state index is 14.0. The van der Waals surface area contributed by atoms with Gasteiger partial charge in [-0.1, -0.05) is 13.8 Å². The second kappa shape index (κ2) is 16.1. The molecule has 2 aromatic rings. The molecule has 8 nitrogen and oxygen atoms in total. The highest BCUT2D eigenvalue weighted by Crippen LogP contribution is 2.21. The Balaban J connectivity index is 1.86. The van der Waals surface area contributed by atoms with Crippen LogP contribution in [0.5, 0.6) is 0 Å². The SMILES string of the molecule is CCCN(CCC)C(=O)c1cc(C)cc(C(=O)N[C@@H](Cc2cc(F)cc(F)c2)[C@H](O)[C@@H](O)CN2CCC[C@H]2COC)c1. The van der Waals surface area contributed by atoms with Crippen LogP contribution in [0.2, 0.25) is 0 Å². The van der Waals surface area contributed by atoms with Crippen molar-refractivity contribution in [3.63, 3.8) is 0 Å². The van der Waals surface area contributed by atoms with Crippen LogP contribution in [0.25, 0.3) is 0 Å².